The predicted molar refractivity (Wildman–Crippen MR) is 76.7 cm³/mol. The SMILES string of the molecule is CC(Br)CCNS(=O)(=O)c1ccc2c(c1)CCC2. The second-order valence-electron chi connectivity index (χ2n) is 4.75. The number of halogens is 1. The molecule has 0 aromatic heterocycles. The van der Waals surface area contributed by atoms with Crippen LogP contribution in [0.15, 0.2) is 23.1 Å². The van der Waals surface area contributed by atoms with Crippen molar-refractivity contribution in [3.8, 4) is 0 Å². The van der Waals surface area contributed by atoms with Crippen LogP contribution in [-0.2, 0) is 22.9 Å². The summed E-state index contributed by atoms with van der Waals surface area (Å²) in [7, 11) is -3.35. The molecule has 0 saturated carbocycles. The molecule has 100 valence electrons. The maximum Gasteiger partial charge on any atom is 0.240 e. The highest BCUT2D eigenvalue weighted by molar-refractivity contribution is 9.09. The van der Waals surface area contributed by atoms with Crippen molar-refractivity contribution in [3.05, 3.63) is 29.3 Å². The van der Waals surface area contributed by atoms with Gasteiger partial charge in [-0.2, -0.15) is 0 Å². The molecule has 0 aliphatic heterocycles. The van der Waals surface area contributed by atoms with E-state index in [1.807, 2.05) is 19.1 Å². The number of sulfonamides is 1. The molecular formula is C13H18BrNO2S. The van der Waals surface area contributed by atoms with Crippen LogP contribution in [0.25, 0.3) is 0 Å². The van der Waals surface area contributed by atoms with E-state index in [1.165, 1.54) is 11.1 Å². The minimum absolute atomic E-state index is 0.320. The van der Waals surface area contributed by atoms with Crippen LogP contribution >= 0.6 is 15.9 Å². The lowest BCUT2D eigenvalue weighted by atomic mass is 10.1. The Balaban J connectivity index is 2.10. The second-order valence-corrected chi connectivity index (χ2v) is 8.08. The van der Waals surface area contributed by atoms with Gasteiger partial charge in [-0.15, -0.1) is 0 Å². The van der Waals surface area contributed by atoms with E-state index >= 15 is 0 Å². The molecule has 0 amide bonds. The van der Waals surface area contributed by atoms with Crippen molar-refractivity contribution >= 4 is 26.0 Å². The fourth-order valence-corrected chi connectivity index (χ4v) is 3.52. The summed E-state index contributed by atoms with van der Waals surface area (Å²) in [5.74, 6) is 0. The molecule has 1 aliphatic carbocycles. The van der Waals surface area contributed by atoms with Crippen molar-refractivity contribution in [2.75, 3.05) is 6.54 Å². The summed E-state index contributed by atoms with van der Waals surface area (Å²) in [6.07, 6.45) is 3.98. The number of rotatable bonds is 5. The monoisotopic (exact) mass is 331 g/mol. The van der Waals surface area contributed by atoms with Crippen LogP contribution in [0.4, 0.5) is 0 Å². The second kappa shape index (κ2) is 5.72. The third-order valence-electron chi connectivity index (χ3n) is 3.21. The van der Waals surface area contributed by atoms with Crippen LogP contribution in [0.1, 0.15) is 30.9 Å². The minimum Gasteiger partial charge on any atom is -0.211 e. The van der Waals surface area contributed by atoms with E-state index in [0.29, 0.717) is 16.3 Å². The average Bonchev–Trinajstić information content (AvgIpc) is 2.74. The molecule has 1 N–H and O–H groups in total. The van der Waals surface area contributed by atoms with E-state index in [1.54, 1.807) is 6.07 Å². The van der Waals surface area contributed by atoms with Gasteiger partial charge in [0.25, 0.3) is 0 Å². The quantitative estimate of drug-likeness (QED) is 0.843. The Morgan fingerprint density at radius 2 is 2.06 bits per heavy atom. The predicted octanol–water partition coefficient (Wildman–Crippen LogP) is 2.63. The standard InChI is InChI=1S/C13H18BrNO2S/c1-10(14)7-8-15-18(16,17)13-6-5-11-3-2-4-12(11)9-13/h5-6,9-10,15H,2-4,7-8H2,1H3. The first-order valence-corrected chi connectivity index (χ1v) is 8.64. The Kier molecular flexibility index (Phi) is 4.45. The van der Waals surface area contributed by atoms with Gasteiger partial charge in [-0.1, -0.05) is 28.9 Å². The lowest BCUT2D eigenvalue weighted by Gasteiger charge is -2.09. The van der Waals surface area contributed by atoms with Crippen molar-refractivity contribution in [3.63, 3.8) is 0 Å². The number of hydrogen-bond acceptors (Lipinski definition) is 2. The molecule has 2 rings (SSSR count). The van der Waals surface area contributed by atoms with Crippen molar-refractivity contribution in [1.82, 2.24) is 4.72 Å². The number of benzene rings is 1. The molecule has 18 heavy (non-hydrogen) atoms. The number of alkyl halides is 1. The van der Waals surface area contributed by atoms with E-state index in [2.05, 4.69) is 20.7 Å². The molecule has 0 heterocycles. The number of aryl methyl sites for hydroxylation is 2. The van der Waals surface area contributed by atoms with Crippen molar-refractivity contribution < 1.29 is 8.42 Å². The van der Waals surface area contributed by atoms with Gasteiger partial charge < -0.3 is 0 Å². The van der Waals surface area contributed by atoms with Gasteiger partial charge in [0.2, 0.25) is 10.0 Å². The van der Waals surface area contributed by atoms with E-state index in [9.17, 15) is 8.42 Å². The van der Waals surface area contributed by atoms with E-state index in [0.717, 1.165) is 25.7 Å². The summed E-state index contributed by atoms with van der Waals surface area (Å²) in [4.78, 5) is 0.714. The smallest absolute Gasteiger partial charge is 0.211 e. The first-order chi connectivity index (χ1) is 8.49. The topological polar surface area (TPSA) is 46.2 Å². The maximum atomic E-state index is 12.1. The Labute approximate surface area is 117 Å². The molecule has 1 atom stereocenters. The summed E-state index contributed by atoms with van der Waals surface area (Å²) >= 11 is 3.40. The van der Waals surface area contributed by atoms with Crippen LogP contribution in [0.2, 0.25) is 0 Å². The van der Waals surface area contributed by atoms with Crippen molar-refractivity contribution in [1.29, 1.82) is 0 Å². The Hall–Kier alpha value is -0.390. The third kappa shape index (κ3) is 3.33. The molecule has 1 unspecified atom stereocenters. The van der Waals surface area contributed by atoms with Gasteiger partial charge in [0.05, 0.1) is 4.90 Å². The fraction of sp³-hybridized carbons (Fsp3) is 0.538. The minimum atomic E-state index is -3.35. The third-order valence-corrected chi connectivity index (χ3v) is 5.13. The van der Waals surface area contributed by atoms with Gasteiger partial charge in [-0.3, -0.25) is 0 Å². The highest BCUT2D eigenvalue weighted by Crippen LogP contribution is 2.24. The van der Waals surface area contributed by atoms with Crippen LogP contribution < -0.4 is 4.72 Å². The maximum absolute atomic E-state index is 12.1. The summed E-state index contributed by atoms with van der Waals surface area (Å²) in [5, 5.41) is 0. The summed E-state index contributed by atoms with van der Waals surface area (Å²) in [6, 6.07) is 5.48. The van der Waals surface area contributed by atoms with Gasteiger partial charge in [0.15, 0.2) is 0 Å². The molecule has 0 bridgehead atoms. The molecule has 3 nitrogen and oxygen atoms in total. The molecular weight excluding hydrogens is 314 g/mol. The van der Waals surface area contributed by atoms with Crippen LogP contribution in [-0.4, -0.2) is 19.8 Å². The average molecular weight is 332 g/mol. The molecule has 0 radical (unpaired) electrons. The Bertz CT molecular complexity index is 526. The van der Waals surface area contributed by atoms with Gasteiger partial charge in [0, 0.05) is 11.4 Å². The first kappa shape index (κ1) is 14.0. The highest BCUT2D eigenvalue weighted by Gasteiger charge is 2.18. The number of fused-ring (bicyclic) bond motifs is 1. The molecule has 5 heteroatoms. The largest absolute Gasteiger partial charge is 0.240 e. The summed E-state index contributed by atoms with van der Waals surface area (Å²) in [6.45, 7) is 2.47. The van der Waals surface area contributed by atoms with Gasteiger partial charge >= 0.3 is 0 Å². The van der Waals surface area contributed by atoms with Gasteiger partial charge in [-0.25, -0.2) is 13.1 Å². The zero-order valence-electron chi connectivity index (χ0n) is 10.4. The molecule has 1 aliphatic rings. The highest BCUT2D eigenvalue weighted by atomic mass is 79.9. The molecule has 0 saturated heterocycles. The van der Waals surface area contributed by atoms with Crippen molar-refractivity contribution in [2.24, 2.45) is 0 Å². The van der Waals surface area contributed by atoms with Crippen LogP contribution in [0.5, 0.6) is 0 Å². The molecule has 1 aromatic rings. The van der Waals surface area contributed by atoms with E-state index in [4.69, 9.17) is 0 Å². The van der Waals surface area contributed by atoms with E-state index < -0.39 is 10.0 Å². The van der Waals surface area contributed by atoms with E-state index in [-0.39, 0.29) is 0 Å². The Morgan fingerprint density at radius 1 is 1.33 bits per heavy atom. The lowest BCUT2D eigenvalue weighted by Crippen LogP contribution is -2.26. The summed E-state index contributed by atoms with van der Waals surface area (Å²) < 4.78 is 26.8. The molecule has 0 fully saturated rings. The first-order valence-electron chi connectivity index (χ1n) is 6.24. The normalized spacial score (nSPS) is 16.6. The molecule has 0 spiro atoms. The van der Waals surface area contributed by atoms with Gasteiger partial charge in [-0.05, 0) is 48.9 Å². The lowest BCUT2D eigenvalue weighted by molar-refractivity contribution is 0.579. The zero-order chi connectivity index (χ0) is 13.2. The fourth-order valence-electron chi connectivity index (χ4n) is 2.19. The number of nitrogens with one attached hydrogen (secondary N) is 1. The summed E-state index contributed by atoms with van der Waals surface area (Å²) in [5.41, 5.74) is 2.48. The van der Waals surface area contributed by atoms with Crippen molar-refractivity contribution in [2.45, 2.75) is 42.3 Å². The van der Waals surface area contributed by atoms with Crippen LogP contribution in [0.3, 0.4) is 0 Å². The zero-order valence-corrected chi connectivity index (χ0v) is 12.9. The van der Waals surface area contributed by atoms with Gasteiger partial charge in [0.1, 0.15) is 0 Å². The van der Waals surface area contributed by atoms with Crippen LogP contribution in [0, 0.1) is 0 Å². The molecule has 1 aromatic carbocycles. The number of hydrogen-bond donors (Lipinski definition) is 1. The Morgan fingerprint density at radius 3 is 2.78 bits per heavy atom.